The van der Waals surface area contributed by atoms with E-state index in [-0.39, 0.29) is 21.9 Å². The normalized spacial score (nSPS) is 4.44. The Hall–Kier alpha value is -0.950. The van der Waals surface area contributed by atoms with Gasteiger partial charge in [0, 0.05) is 0 Å². The van der Waals surface area contributed by atoms with E-state index < -0.39 is 0 Å². The molecule has 1 rings (SSSR count). The standard InChI is InChI=1S/C3H3NO.4H2O/c1-2-5-3-4-1;;;;/h1-3H;4*1H2. The molecule has 0 radical (unpaired) electrons. The molecule has 1 aromatic rings. The smallest absolute Gasteiger partial charge is 0.180 e. The number of oxazole rings is 1. The van der Waals surface area contributed by atoms with Crippen molar-refractivity contribution in [1.82, 2.24) is 4.98 Å². The second kappa shape index (κ2) is 15.7. The quantitative estimate of drug-likeness (QED) is 0.388. The van der Waals surface area contributed by atoms with E-state index in [1.807, 2.05) is 0 Å². The summed E-state index contributed by atoms with van der Waals surface area (Å²) in [6, 6.07) is 0. The lowest BCUT2D eigenvalue weighted by Gasteiger charge is -1.47. The molecular weight excluding hydrogens is 130 g/mol. The van der Waals surface area contributed by atoms with Crippen LogP contribution in [0.4, 0.5) is 0 Å². The monoisotopic (exact) mass is 141 g/mol. The van der Waals surface area contributed by atoms with Crippen molar-refractivity contribution in [3.05, 3.63) is 18.9 Å². The van der Waals surface area contributed by atoms with Crippen LogP contribution in [-0.4, -0.2) is 26.9 Å². The lowest BCUT2D eigenvalue weighted by molar-refractivity contribution is 0.558. The van der Waals surface area contributed by atoms with Crippen molar-refractivity contribution in [2.24, 2.45) is 0 Å². The summed E-state index contributed by atoms with van der Waals surface area (Å²) in [5.41, 5.74) is 0. The van der Waals surface area contributed by atoms with Crippen molar-refractivity contribution in [1.29, 1.82) is 0 Å². The molecule has 0 unspecified atom stereocenters. The van der Waals surface area contributed by atoms with Crippen molar-refractivity contribution >= 4 is 0 Å². The van der Waals surface area contributed by atoms with Gasteiger partial charge in [-0.25, -0.2) is 4.98 Å². The fraction of sp³-hybridized carbons (Fsp3) is 0. The topological polar surface area (TPSA) is 152 Å². The Labute approximate surface area is 51.4 Å². The zero-order valence-electron chi connectivity index (χ0n) is 4.59. The first-order valence-corrected chi connectivity index (χ1v) is 1.32. The average molecular weight is 141 g/mol. The van der Waals surface area contributed by atoms with Crippen LogP contribution in [0.25, 0.3) is 0 Å². The summed E-state index contributed by atoms with van der Waals surface area (Å²) in [7, 11) is 0. The third-order valence-corrected chi connectivity index (χ3v) is 0.347. The number of nitrogens with zero attached hydrogens (tertiary/aromatic N) is 1. The molecule has 0 atom stereocenters. The van der Waals surface area contributed by atoms with Crippen molar-refractivity contribution in [3.8, 4) is 0 Å². The van der Waals surface area contributed by atoms with Gasteiger partial charge in [-0.3, -0.25) is 0 Å². The second-order valence-corrected chi connectivity index (χ2v) is 0.676. The molecule has 0 bridgehead atoms. The number of hydrogen-bond acceptors (Lipinski definition) is 2. The Kier molecular flexibility index (Phi) is 42.6. The summed E-state index contributed by atoms with van der Waals surface area (Å²) in [5.74, 6) is 0. The molecule has 0 aliphatic carbocycles. The predicted octanol–water partition coefficient (Wildman–Crippen LogP) is -2.62. The molecule has 0 aromatic carbocycles. The number of hydrogen-bond donors (Lipinski definition) is 0. The molecule has 0 aliphatic rings. The van der Waals surface area contributed by atoms with E-state index in [9.17, 15) is 0 Å². The molecule has 6 nitrogen and oxygen atoms in total. The molecule has 0 aliphatic heterocycles. The Morgan fingerprint density at radius 3 is 1.67 bits per heavy atom. The third-order valence-electron chi connectivity index (χ3n) is 0.347. The summed E-state index contributed by atoms with van der Waals surface area (Å²) in [4.78, 5) is 3.56. The van der Waals surface area contributed by atoms with Crippen LogP contribution in [0.2, 0.25) is 0 Å². The van der Waals surface area contributed by atoms with Crippen molar-refractivity contribution in [2.75, 3.05) is 0 Å². The zero-order valence-corrected chi connectivity index (χ0v) is 4.59. The van der Waals surface area contributed by atoms with E-state index >= 15 is 0 Å². The van der Waals surface area contributed by atoms with Gasteiger partial charge < -0.3 is 26.3 Å². The van der Waals surface area contributed by atoms with Crippen LogP contribution >= 0.6 is 0 Å². The summed E-state index contributed by atoms with van der Waals surface area (Å²) >= 11 is 0. The summed E-state index contributed by atoms with van der Waals surface area (Å²) in [6.07, 6.45) is 4.47. The van der Waals surface area contributed by atoms with Gasteiger partial charge in [-0.15, -0.1) is 0 Å². The van der Waals surface area contributed by atoms with E-state index in [0.29, 0.717) is 0 Å². The van der Waals surface area contributed by atoms with Gasteiger partial charge in [-0.2, -0.15) is 0 Å². The van der Waals surface area contributed by atoms with Crippen LogP contribution in [0.1, 0.15) is 0 Å². The molecule has 0 saturated carbocycles. The molecule has 0 spiro atoms. The van der Waals surface area contributed by atoms with Gasteiger partial charge in [0.2, 0.25) is 0 Å². The minimum Gasteiger partial charge on any atom is -0.452 e. The zero-order chi connectivity index (χ0) is 3.54. The minimum absolute atomic E-state index is 0. The molecule has 1 aromatic heterocycles. The maximum absolute atomic E-state index is 4.47. The highest BCUT2D eigenvalue weighted by Gasteiger charge is 1.59. The molecule has 58 valence electrons. The van der Waals surface area contributed by atoms with Crippen molar-refractivity contribution in [2.45, 2.75) is 0 Å². The molecule has 6 heteroatoms. The first kappa shape index (κ1) is 24.4. The van der Waals surface area contributed by atoms with E-state index in [1.165, 1.54) is 12.7 Å². The van der Waals surface area contributed by atoms with Crippen molar-refractivity contribution in [3.63, 3.8) is 0 Å². The van der Waals surface area contributed by atoms with Crippen LogP contribution in [-0.2, 0) is 0 Å². The van der Waals surface area contributed by atoms with Crippen LogP contribution in [0.3, 0.4) is 0 Å². The van der Waals surface area contributed by atoms with Gasteiger partial charge >= 0.3 is 0 Å². The Bertz CT molecular complexity index is 68.7. The number of rotatable bonds is 0. The van der Waals surface area contributed by atoms with Gasteiger partial charge in [0.25, 0.3) is 0 Å². The highest BCUT2D eigenvalue weighted by Crippen LogP contribution is 1.72. The molecule has 0 saturated heterocycles. The maximum atomic E-state index is 4.47. The Balaban J connectivity index is -0.0000000312. The van der Waals surface area contributed by atoms with Crippen LogP contribution in [0.15, 0.2) is 23.3 Å². The maximum Gasteiger partial charge on any atom is 0.180 e. The summed E-state index contributed by atoms with van der Waals surface area (Å²) in [6.45, 7) is 0. The van der Waals surface area contributed by atoms with Crippen molar-refractivity contribution < 1.29 is 26.3 Å². The van der Waals surface area contributed by atoms with Gasteiger partial charge in [-0.05, 0) is 0 Å². The van der Waals surface area contributed by atoms with E-state index in [4.69, 9.17) is 0 Å². The average Bonchev–Trinajstić information content (AvgIpc) is 1.76. The van der Waals surface area contributed by atoms with E-state index in [1.54, 1.807) is 6.20 Å². The largest absolute Gasteiger partial charge is 0.452 e. The molecule has 0 amide bonds. The highest BCUT2D eigenvalue weighted by molar-refractivity contribution is 4.56. The summed E-state index contributed by atoms with van der Waals surface area (Å²) in [5, 5.41) is 0. The lowest BCUT2D eigenvalue weighted by Crippen LogP contribution is -1.38. The molecule has 9 heavy (non-hydrogen) atoms. The second-order valence-electron chi connectivity index (χ2n) is 0.676. The highest BCUT2D eigenvalue weighted by atomic mass is 16.3. The Morgan fingerprint density at radius 1 is 1.00 bits per heavy atom. The van der Waals surface area contributed by atoms with Gasteiger partial charge in [0.1, 0.15) is 6.26 Å². The lowest BCUT2D eigenvalue weighted by atomic mass is 11.0. The first-order valence-electron chi connectivity index (χ1n) is 1.32. The Morgan fingerprint density at radius 2 is 1.56 bits per heavy atom. The van der Waals surface area contributed by atoms with Gasteiger partial charge in [0.05, 0.1) is 6.20 Å². The van der Waals surface area contributed by atoms with Crippen LogP contribution in [0, 0.1) is 0 Å². The minimum atomic E-state index is 0. The fourth-order valence-electron chi connectivity index (χ4n) is 0.176. The van der Waals surface area contributed by atoms with Crippen LogP contribution in [0.5, 0.6) is 0 Å². The first-order chi connectivity index (χ1) is 2.50. The van der Waals surface area contributed by atoms with E-state index in [2.05, 4.69) is 9.40 Å². The number of aromatic nitrogens is 1. The molecule has 8 N–H and O–H groups in total. The van der Waals surface area contributed by atoms with E-state index in [0.717, 1.165) is 0 Å². The SMILES string of the molecule is O.O.O.O.c1cocn1. The van der Waals surface area contributed by atoms with Gasteiger partial charge in [-0.1, -0.05) is 0 Å². The van der Waals surface area contributed by atoms with Crippen LogP contribution < -0.4 is 0 Å². The third kappa shape index (κ3) is 11.0. The molecule has 1 heterocycles. The predicted molar refractivity (Wildman–Crippen MR) is 31.0 cm³/mol. The van der Waals surface area contributed by atoms with Gasteiger partial charge in [0.15, 0.2) is 6.39 Å². The fourth-order valence-corrected chi connectivity index (χ4v) is 0.176. The summed E-state index contributed by atoms with van der Waals surface area (Å²) < 4.78 is 4.47. The molecule has 0 fully saturated rings. The molecular formula is C3H11NO5.